The maximum absolute atomic E-state index is 12.9. The summed E-state index contributed by atoms with van der Waals surface area (Å²) in [5, 5.41) is 9.35. The van der Waals surface area contributed by atoms with Crippen molar-refractivity contribution in [3.05, 3.63) is 64.7 Å². The predicted octanol–water partition coefficient (Wildman–Crippen LogP) is 5.82. The van der Waals surface area contributed by atoms with Crippen LogP contribution in [-0.4, -0.2) is 12.9 Å². The minimum absolute atomic E-state index is 0.00325. The molecule has 0 N–H and O–H groups in total. The largest absolute Gasteiger partial charge is 0.493 e. The molecule has 0 heterocycles. The summed E-state index contributed by atoms with van der Waals surface area (Å²) in [4.78, 5) is 12.4. The van der Waals surface area contributed by atoms with Crippen LogP contribution >= 0.6 is 0 Å². The molecule has 2 aromatic carbocycles. The summed E-state index contributed by atoms with van der Waals surface area (Å²) in [5.41, 5.74) is -0.600. The van der Waals surface area contributed by atoms with Gasteiger partial charge >= 0.3 is 6.18 Å². The Balaban J connectivity index is 2.30. The van der Waals surface area contributed by atoms with Crippen molar-refractivity contribution in [3.8, 4) is 17.6 Å². The van der Waals surface area contributed by atoms with Crippen LogP contribution in [-0.2, 0) is 17.6 Å². The van der Waals surface area contributed by atoms with Gasteiger partial charge in [0.05, 0.1) is 18.2 Å². The van der Waals surface area contributed by atoms with Crippen molar-refractivity contribution in [2.24, 2.45) is 5.41 Å². The number of alkyl halides is 3. The smallest absolute Gasteiger partial charge is 0.416 e. The molecular weight excluding hydrogens is 395 g/mol. The maximum Gasteiger partial charge on any atom is 0.416 e. The first-order valence-corrected chi connectivity index (χ1v) is 9.09. The molecule has 0 radical (unpaired) electrons. The number of hydrogen-bond donors (Lipinski definition) is 0. The van der Waals surface area contributed by atoms with Gasteiger partial charge in [-0.3, -0.25) is 4.79 Å². The number of Topliss-reactive ketones (excluding diaryl/α,β-unsaturated/α-hetero) is 1. The Labute approximate surface area is 173 Å². The molecule has 0 saturated carbocycles. The van der Waals surface area contributed by atoms with E-state index in [4.69, 9.17) is 9.47 Å². The van der Waals surface area contributed by atoms with Gasteiger partial charge in [0.25, 0.3) is 0 Å². The van der Waals surface area contributed by atoms with E-state index in [0.29, 0.717) is 16.9 Å². The Morgan fingerprint density at radius 3 is 2.37 bits per heavy atom. The number of ketones is 1. The number of nitriles is 1. The monoisotopic (exact) mass is 417 g/mol. The Bertz CT molecular complexity index is 996. The van der Waals surface area contributed by atoms with Gasteiger partial charge in [0.1, 0.15) is 12.7 Å². The molecule has 158 valence electrons. The Hall–Kier alpha value is -3.27. The molecule has 0 aromatic heterocycles. The summed E-state index contributed by atoms with van der Waals surface area (Å²) in [6, 6.07) is 11.6. The van der Waals surface area contributed by atoms with Gasteiger partial charge in [-0.1, -0.05) is 39.0 Å². The van der Waals surface area contributed by atoms with Crippen molar-refractivity contribution >= 4 is 11.9 Å². The minimum Gasteiger partial charge on any atom is -0.493 e. The topological polar surface area (TPSA) is 59.3 Å². The zero-order chi connectivity index (χ0) is 22.5. The van der Waals surface area contributed by atoms with Crippen LogP contribution in [0.5, 0.6) is 11.5 Å². The number of hydrogen-bond acceptors (Lipinski definition) is 4. The molecule has 0 amide bonds. The molecule has 0 spiro atoms. The van der Waals surface area contributed by atoms with E-state index in [1.54, 1.807) is 39.0 Å². The standard InChI is InChI=1S/C23H22F3NO3/c1-22(2,3)21(28)17(13-27)10-15-8-9-19(29-4)20(12-15)30-14-16-6-5-7-18(11-16)23(24,25)26/h5-12H,14H2,1-4H3. The van der Waals surface area contributed by atoms with Crippen LogP contribution in [0.4, 0.5) is 13.2 Å². The van der Waals surface area contributed by atoms with Crippen LogP contribution in [0.25, 0.3) is 6.08 Å². The summed E-state index contributed by atoms with van der Waals surface area (Å²) in [7, 11) is 1.44. The number of carbonyl (C=O) groups is 1. The molecule has 2 aromatic rings. The van der Waals surface area contributed by atoms with E-state index >= 15 is 0 Å². The lowest BCUT2D eigenvalue weighted by atomic mass is 9.86. The first kappa shape index (κ1) is 23.0. The molecule has 0 bridgehead atoms. The average molecular weight is 417 g/mol. The molecule has 0 aliphatic carbocycles. The number of allylic oxidation sites excluding steroid dienone is 1. The number of carbonyl (C=O) groups excluding carboxylic acids is 1. The van der Waals surface area contributed by atoms with Crippen LogP contribution < -0.4 is 9.47 Å². The number of halogens is 3. The predicted molar refractivity (Wildman–Crippen MR) is 107 cm³/mol. The van der Waals surface area contributed by atoms with E-state index in [2.05, 4.69) is 0 Å². The zero-order valence-electron chi connectivity index (χ0n) is 17.1. The average Bonchev–Trinajstić information content (AvgIpc) is 2.69. The van der Waals surface area contributed by atoms with E-state index in [9.17, 15) is 23.2 Å². The number of ether oxygens (including phenoxy) is 2. The van der Waals surface area contributed by atoms with E-state index in [1.807, 2.05) is 6.07 Å². The highest BCUT2D eigenvalue weighted by Gasteiger charge is 2.30. The molecule has 0 aliphatic heterocycles. The zero-order valence-corrected chi connectivity index (χ0v) is 17.1. The first-order chi connectivity index (χ1) is 14.0. The fraction of sp³-hybridized carbons (Fsp3) is 0.304. The third-order valence-electron chi connectivity index (χ3n) is 4.19. The van der Waals surface area contributed by atoms with Gasteiger partial charge in [-0.2, -0.15) is 18.4 Å². The summed E-state index contributed by atoms with van der Waals surface area (Å²) >= 11 is 0. The number of methoxy groups -OCH3 is 1. The van der Waals surface area contributed by atoms with Crippen LogP contribution in [0.3, 0.4) is 0 Å². The third-order valence-corrected chi connectivity index (χ3v) is 4.19. The minimum atomic E-state index is -4.44. The molecule has 7 heteroatoms. The molecule has 2 rings (SSSR count). The fourth-order valence-corrected chi connectivity index (χ4v) is 2.61. The van der Waals surface area contributed by atoms with Gasteiger partial charge in [0.15, 0.2) is 17.3 Å². The molecular formula is C23H22F3NO3. The maximum atomic E-state index is 12.9. The highest BCUT2D eigenvalue weighted by Crippen LogP contribution is 2.32. The summed E-state index contributed by atoms with van der Waals surface area (Å²) in [5.74, 6) is 0.358. The molecule has 30 heavy (non-hydrogen) atoms. The lowest BCUT2D eigenvalue weighted by molar-refractivity contribution is -0.137. The van der Waals surface area contributed by atoms with E-state index in [-0.39, 0.29) is 23.7 Å². The second kappa shape index (κ2) is 9.04. The van der Waals surface area contributed by atoms with Gasteiger partial charge in [0, 0.05) is 5.41 Å². The molecule has 0 aliphatic rings. The second-order valence-electron chi connectivity index (χ2n) is 7.65. The highest BCUT2D eigenvalue weighted by molar-refractivity contribution is 6.06. The number of nitrogens with zero attached hydrogens (tertiary/aromatic N) is 1. The molecule has 0 atom stereocenters. The van der Waals surface area contributed by atoms with Gasteiger partial charge in [0.2, 0.25) is 0 Å². The fourth-order valence-electron chi connectivity index (χ4n) is 2.61. The summed E-state index contributed by atoms with van der Waals surface area (Å²) in [6.45, 7) is 5.05. The lowest BCUT2D eigenvalue weighted by Crippen LogP contribution is -2.21. The third kappa shape index (κ3) is 5.86. The lowest BCUT2D eigenvalue weighted by Gasteiger charge is -2.16. The molecule has 0 unspecified atom stereocenters. The van der Waals surface area contributed by atoms with E-state index < -0.39 is 17.2 Å². The number of rotatable bonds is 6. The van der Waals surface area contributed by atoms with Crippen molar-refractivity contribution in [2.45, 2.75) is 33.6 Å². The van der Waals surface area contributed by atoms with Gasteiger partial charge in [-0.25, -0.2) is 0 Å². The van der Waals surface area contributed by atoms with Crippen molar-refractivity contribution in [1.29, 1.82) is 5.26 Å². The molecule has 0 saturated heterocycles. The Morgan fingerprint density at radius 2 is 1.80 bits per heavy atom. The van der Waals surface area contributed by atoms with E-state index in [0.717, 1.165) is 12.1 Å². The molecule has 0 fully saturated rings. The quantitative estimate of drug-likeness (QED) is 0.439. The molecule has 4 nitrogen and oxygen atoms in total. The normalized spacial score (nSPS) is 12.3. The van der Waals surface area contributed by atoms with Crippen LogP contribution in [0.2, 0.25) is 0 Å². The van der Waals surface area contributed by atoms with Gasteiger partial charge in [-0.15, -0.1) is 0 Å². The van der Waals surface area contributed by atoms with E-state index in [1.165, 1.54) is 25.3 Å². The van der Waals surface area contributed by atoms with Crippen molar-refractivity contribution in [3.63, 3.8) is 0 Å². The van der Waals surface area contributed by atoms with Gasteiger partial charge < -0.3 is 9.47 Å². The van der Waals surface area contributed by atoms with Crippen molar-refractivity contribution in [2.75, 3.05) is 7.11 Å². The van der Waals surface area contributed by atoms with Crippen LogP contribution in [0, 0.1) is 16.7 Å². The summed E-state index contributed by atoms with van der Waals surface area (Å²) in [6.07, 6.45) is -2.99. The Morgan fingerprint density at radius 1 is 1.10 bits per heavy atom. The SMILES string of the molecule is COc1ccc(C=C(C#N)C(=O)C(C)(C)C)cc1OCc1cccc(C(F)(F)F)c1. The van der Waals surface area contributed by atoms with Crippen LogP contribution in [0.1, 0.15) is 37.5 Å². The number of benzene rings is 2. The van der Waals surface area contributed by atoms with Crippen LogP contribution in [0.15, 0.2) is 48.0 Å². The second-order valence-corrected chi connectivity index (χ2v) is 7.65. The van der Waals surface area contributed by atoms with Crippen molar-refractivity contribution < 1.29 is 27.4 Å². The summed E-state index contributed by atoms with van der Waals surface area (Å²) < 4.78 is 49.6. The van der Waals surface area contributed by atoms with Gasteiger partial charge in [-0.05, 0) is 41.5 Å². The highest BCUT2D eigenvalue weighted by atomic mass is 19.4. The van der Waals surface area contributed by atoms with Crippen molar-refractivity contribution in [1.82, 2.24) is 0 Å². The first-order valence-electron chi connectivity index (χ1n) is 9.09. The Kier molecular flexibility index (Phi) is 6.93.